The highest BCUT2D eigenvalue weighted by Gasteiger charge is 2.31. The van der Waals surface area contributed by atoms with E-state index in [-0.39, 0.29) is 30.0 Å². The van der Waals surface area contributed by atoms with Gasteiger partial charge in [0.2, 0.25) is 11.8 Å². The Hall–Kier alpha value is -2.33. The molecule has 7 heteroatoms. The Balaban J connectivity index is 1.71. The monoisotopic (exact) mass is 387 g/mol. The van der Waals surface area contributed by atoms with Gasteiger partial charge >= 0.3 is 0 Å². The Labute approximate surface area is 162 Å². The third kappa shape index (κ3) is 4.89. The molecule has 1 aromatic carbocycles. The molecule has 1 fully saturated rings. The first kappa shape index (κ1) is 19.4. The quantitative estimate of drug-likeness (QED) is 0.812. The highest BCUT2D eigenvalue weighted by Crippen LogP contribution is 2.36. The van der Waals surface area contributed by atoms with Crippen LogP contribution in [0.15, 0.2) is 34.9 Å². The van der Waals surface area contributed by atoms with Crippen LogP contribution >= 0.6 is 11.8 Å². The summed E-state index contributed by atoms with van der Waals surface area (Å²) in [6.07, 6.45) is 5.47. The fraction of sp³-hybridized carbons (Fsp3) is 0.450. The van der Waals surface area contributed by atoms with Gasteiger partial charge in [-0.3, -0.25) is 9.59 Å². The largest absolute Gasteiger partial charge is 0.353 e. The van der Waals surface area contributed by atoms with Gasteiger partial charge in [0.05, 0.1) is 22.4 Å². The lowest BCUT2D eigenvalue weighted by atomic mass is 9.87. The van der Waals surface area contributed by atoms with E-state index in [2.05, 4.69) is 16.7 Å². The summed E-state index contributed by atoms with van der Waals surface area (Å²) in [4.78, 5) is 24.3. The van der Waals surface area contributed by atoms with Gasteiger partial charge in [0.1, 0.15) is 5.82 Å². The van der Waals surface area contributed by atoms with Crippen LogP contribution < -0.4 is 10.6 Å². The maximum absolute atomic E-state index is 14.2. The van der Waals surface area contributed by atoms with E-state index in [4.69, 9.17) is 0 Å². The Morgan fingerprint density at radius 2 is 2.04 bits per heavy atom. The number of halogens is 1. The molecule has 2 N–H and O–H groups in total. The van der Waals surface area contributed by atoms with Crippen LogP contribution in [0.5, 0.6) is 0 Å². The van der Waals surface area contributed by atoms with Crippen LogP contribution in [0.1, 0.15) is 50.0 Å². The van der Waals surface area contributed by atoms with Crippen molar-refractivity contribution in [2.75, 3.05) is 5.75 Å². The van der Waals surface area contributed by atoms with Crippen molar-refractivity contribution < 1.29 is 14.0 Å². The van der Waals surface area contributed by atoms with E-state index < -0.39 is 11.7 Å². The number of thioether (sulfide) groups is 1. The number of nitrogens with one attached hydrogen (secondary N) is 2. The molecule has 0 spiro atoms. The van der Waals surface area contributed by atoms with Crippen LogP contribution in [0.25, 0.3) is 0 Å². The molecule has 3 rings (SSSR count). The molecule has 0 aromatic heterocycles. The summed E-state index contributed by atoms with van der Waals surface area (Å²) in [7, 11) is 0. The molecule has 0 unspecified atom stereocenters. The summed E-state index contributed by atoms with van der Waals surface area (Å²) in [5.74, 6) is -1.35. The molecule has 1 aliphatic heterocycles. The number of hydrogen-bond donors (Lipinski definition) is 2. The molecule has 1 aliphatic carbocycles. The predicted octanol–water partition coefficient (Wildman–Crippen LogP) is 3.35. The Bertz CT molecular complexity index is 797. The summed E-state index contributed by atoms with van der Waals surface area (Å²) < 4.78 is 14.2. The zero-order valence-corrected chi connectivity index (χ0v) is 15.8. The highest BCUT2D eigenvalue weighted by molar-refractivity contribution is 8.03. The zero-order chi connectivity index (χ0) is 19.2. The first-order chi connectivity index (χ1) is 13.1. The fourth-order valence-corrected chi connectivity index (χ4v) is 4.50. The second-order valence-electron chi connectivity index (χ2n) is 6.87. The van der Waals surface area contributed by atoms with Gasteiger partial charge in [-0.2, -0.15) is 5.26 Å². The summed E-state index contributed by atoms with van der Waals surface area (Å²) >= 11 is 1.13. The SMILES string of the molecule is N#CC1=C(SCC(=O)NC2CCCCC2)NC(=O)C[C@H]1c1ccccc1F. The van der Waals surface area contributed by atoms with E-state index in [1.165, 1.54) is 12.5 Å². The number of hydrogen-bond acceptors (Lipinski definition) is 4. The highest BCUT2D eigenvalue weighted by atomic mass is 32.2. The molecule has 2 amide bonds. The third-order valence-corrected chi connectivity index (χ3v) is 5.97. The van der Waals surface area contributed by atoms with Crippen LogP contribution in [0.2, 0.25) is 0 Å². The second-order valence-corrected chi connectivity index (χ2v) is 7.86. The summed E-state index contributed by atoms with van der Waals surface area (Å²) in [6.45, 7) is 0. The van der Waals surface area contributed by atoms with E-state index in [9.17, 15) is 19.2 Å². The van der Waals surface area contributed by atoms with E-state index >= 15 is 0 Å². The van der Waals surface area contributed by atoms with Gasteiger partial charge in [0.25, 0.3) is 0 Å². The first-order valence-electron chi connectivity index (χ1n) is 9.19. The number of carbonyl (C=O) groups is 2. The van der Waals surface area contributed by atoms with Crippen molar-refractivity contribution in [3.05, 3.63) is 46.2 Å². The number of carbonyl (C=O) groups excluding carboxylic acids is 2. The van der Waals surface area contributed by atoms with Gasteiger partial charge in [-0.1, -0.05) is 49.2 Å². The maximum Gasteiger partial charge on any atom is 0.230 e. The molecule has 142 valence electrons. The Morgan fingerprint density at radius 1 is 1.30 bits per heavy atom. The number of nitriles is 1. The topological polar surface area (TPSA) is 82.0 Å². The fourth-order valence-electron chi connectivity index (χ4n) is 3.61. The molecule has 5 nitrogen and oxygen atoms in total. The zero-order valence-electron chi connectivity index (χ0n) is 15.0. The molecule has 1 atom stereocenters. The van der Waals surface area contributed by atoms with Gasteiger partial charge in [-0.15, -0.1) is 0 Å². The van der Waals surface area contributed by atoms with Gasteiger partial charge in [0, 0.05) is 18.4 Å². The number of benzene rings is 1. The Morgan fingerprint density at radius 3 is 2.74 bits per heavy atom. The van der Waals surface area contributed by atoms with Crippen molar-refractivity contribution in [1.29, 1.82) is 5.26 Å². The van der Waals surface area contributed by atoms with E-state index in [1.807, 2.05) is 0 Å². The van der Waals surface area contributed by atoms with Crippen molar-refractivity contribution in [1.82, 2.24) is 10.6 Å². The van der Waals surface area contributed by atoms with Gasteiger partial charge in [-0.25, -0.2) is 4.39 Å². The van der Waals surface area contributed by atoms with Crippen molar-refractivity contribution in [3.8, 4) is 6.07 Å². The third-order valence-electron chi connectivity index (χ3n) is 4.95. The molecule has 0 saturated heterocycles. The summed E-state index contributed by atoms with van der Waals surface area (Å²) in [6, 6.07) is 8.48. The average Bonchev–Trinajstić information content (AvgIpc) is 2.67. The van der Waals surface area contributed by atoms with Crippen LogP contribution in [0, 0.1) is 17.1 Å². The molecule has 2 aliphatic rings. The van der Waals surface area contributed by atoms with Crippen LogP contribution in [0.4, 0.5) is 4.39 Å². The van der Waals surface area contributed by atoms with E-state index in [0.29, 0.717) is 16.2 Å². The average molecular weight is 387 g/mol. The van der Waals surface area contributed by atoms with Crippen molar-refractivity contribution in [3.63, 3.8) is 0 Å². The van der Waals surface area contributed by atoms with Crippen LogP contribution in [-0.4, -0.2) is 23.6 Å². The van der Waals surface area contributed by atoms with Crippen LogP contribution in [0.3, 0.4) is 0 Å². The van der Waals surface area contributed by atoms with E-state index in [0.717, 1.165) is 37.4 Å². The predicted molar refractivity (Wildman–Crippen MR) is 102 cm³/mol. The number of amides is 2. The van der Waals surface area contributed by atoms with E-state index in [1.54, 1.807) is 18.2 Å². The molecular weight excluding hydrogens is 365 g/mol. The minimum absolute atomic E-state index is 0.0160. The molecule has 1 heterocycles. The summed E-state index contributed by atoms with van der Waals surface area (Å²) in [5.41, 5.74) is 0.629. The number of rotatable bonds is 5. The first-order valence-corrected chi connectivity index (χ1v) is 10.2. The molecule has 0 bridgehead atoms. The number of nitrogens with zero attached hydrogens (tertiary/aromatic N) is 1. The van der Waals surface area contributed by atoms with Gasteiger partial charge < -0.3 is 10.6 Å². The molecule has 27 heavy (non-hydrogen) atoms. The van der Waals surface area contributed by atoms with Gasteiger partial charge in [0.15, 0.2) is 0 Å². The summed E-state index contributed by atoms with van der Waals surface area (Å²) in [5, 5.41) is 15.6. The lowest BCUT2D eigenvalue weighted by Crippen LogP contribution is -2.38. The lowest BCUT2D eigenvalue weighted by molar-refractivity contribution is -0.121. The molecule has 0 radical (unpaired) electrons. The Kier molecular flexibility index (Phi) is 6.51. The second kappa shape index (κ2) is 9.05. The minimum atomic E-state index is -0.631. The molecular formula is C20H22FN3O2S. The maximum atomic E-state index is 14.2. The van der Waals surface area contributed by atoms with Crippen molar-refractivity contribution >= 4 is 23.6 Å². The lowest BCUT2D eigenvalue weighted by Gasteiger charge is -2.26. The minimum Gasteiger partial charge on any atom is -0.353 e. The molecule has 1 saturated carbocycles. The van der Waals surface area contributed by atoms with Crippen molar-refractivity contribution in [2.45, 2.75) is 50.5 Å². The smallest absolute Gasteiger partial charge is 0.230 e. The van der Waals surface area contributed by atoms with Gasteiger partial charge in [-0.05, 0) is 24.5 Å². The standard InChI is InChI=1S/C20H22FN3O2S/c21-17-9-5-4-8-14(17)15-10-18(25)24-20(16(15)11-22)27-12-19(26)23-13-6-2-1-3-7-13/h4-5,8-9,13,15H,1-3,6-7,10,12H2,(H,23,26)(H,24,25)/t15-/m0/s1. The normalized spacial score (nSPS) is 20.7. The number of allylic oxidation sites excluding steroid dienone is 1. The molecule has 1 aromatic rings. The van der Waals surface area contributed by atoms with Crippen molar-refractivity contribution in [2.24, 2.45) is 0 Å². The van der Waals surface area contributed by atoms with Crippen LogP contribution in [-0.2, 0) is 9.59 Å².